The zero-order valence-corrected chi connectivity index (χ0v) is 13.6. The van der Waals surface area contributed by atoms with Crippen LogP contribution >= 0.6 is 0 Å². The Morgan fingerprint density at radius 1 is 1.00 bits per heavy atom. The van der Waals surface area contributed by atoms with Gasteiger partial charge >= 0.3 is 0 Å². The van der Waals surface area contributed by atoms with Crippen LogP contribution in [0.2, 0.25) is 0 Å². The van der Waals surface area contributed by atoms with E-state index in [1.807, 2.05) is 31.2 Å². The highest BCUT2D eigenvalue weighted by Crippen LogP contribution is 2.12. The fourth-order valence-corrected chi connectivity index (χ4v) is 3.03. The number of nitrogens with zero attached hydrogens (tertiary/aromatic N) is 1. The van der Waals surface area contributed by atoms with E-state index in [1.54, 1.807) is 37.3 Å². The average molecular weight is 328 g/mol. The van der Waals surface area contributed by atoms with E-state index < -0.39 is 10.0 Å². The van der Waals surface area contributed by atoms with Gasteiger partial charge in [-0.15, -0.1) is 0 Å². The van der Waals surface area contributed by atoms with Crippen molar-refractivity contribution in [3.63, 3.8) is 0 Å². The molecule has 5 nitrogen and oxygen atoms in total. The molecular formula is C17H16N2O3S. The summed E-state index contributed by atoms with van der Waals surface area (Å²) in [6.07, 6.45) is 0. The normalized spacial score (nSPS) is 12.5. The maximum atomic E-state index is 12.3. The Labute approximate surface area is 134 Å². The molecule has 0 atom stereocenters. The van der Waals surface area contributed by atoms with Gasteiger partial charge in [0.2, 0.25) is 0 Å². The fraction of sp³-hybridized carbons (Fsp3) is 0.118. The molecule has 0 fully saturated rings. The minimum atomic E-state index is -3.70. The molecule has 0 saturated heterocycles. The number of rotatable bonds is 3. The Morgan fingerprint density at radius 3 is 2.43 bits per heavy atom. The maximum absolute atomic E-state index is 12.3. The van der Waals surface area contributed by atoms with Crippen molar-refractivity contribution in [3.05, 3.63) is 71.3 Å². The smallest absolute Gasteiger partial charge is 0.276 e. The fourth-order valence-electron chi connectivity index (χ4n) is 2.21. The zero-order chi connectivity index (χ0) is 16.4. The van der Waals surface area contributed by atoms with Gasteiger partial charge in [0.05, 0.1) is 10.3 Å². The highest BCUT2D eigenvalue weighted by molar-refractivity contribution is 7.89. The van der Waals surface area contributed by atoms with Gasteiger partial charge in [0.25, 0.3) is 10.0 Å². The van der Waals surface area contributed by atoms with Crippen LogP contribution in [0, 0.1) is 13.8 Å². The van der Waals surface area contributed by atoms with Crippen molar-refractivity contribution < 1.29 is 12.8 Å². The molecular weight excluding hydrogens is 312 g/mol. The van der Waals surface area contributed by atoms with Crippen LogP contribution in [0.5, 0.6) is 0 Å². The van der Waals surface area contributed by atoms with Crippen molar-refractivity contribution in [2.45, 2.75) is 18.7 Å². The number of para-hydroxylation sites is 1. The second-order valence-corrected chi connectivity index (χ2v) is 6.92. The zero-order valence-electron chi connectivity index (χ0n) is 12.8. The van der Waals surface area contributed by atoms with Gasteiger partial charge in [-0.1, -0.05) is 29.8 Å². The van der Waals surface area contributed by atoms with Crippen molar-refractivity contribution >= 4 is 21.0 Å². The van der Waals surface area contributed by atoms with Gasteiger partial charge < -0.3 is 4.42 Å². The molecule has 23 heavy (non-hydrogen) atoms. The largest absolute Gasteiger partial charge is 0.461 e. The quantitative estimate of drug-likeness (QED) is 0.752. The monoisotopic (exact) mass is 328 g/mol. The lowest BCUT2D eigenvalue weighted by atomic mass is 10.2. The van der Waals surface area contributed by atoms with E-state index in [9.17, 15) is 8.42 Å². The standard InChI is InChI=1S/C17H16N2O3S/c1-12-7-9-14(10-8-12)23(20,21)19-18-16-11-13(2)22-17-6-4-3-5-15(16)17/h3-11,19H,1-2H3/b18-16-. The molecule has 1 heterocycles. The maximum Gasteiger partial charge on any atom is 0.276 e. The first-order valence-corrected chi connectivity index (χ1v) is 8.56. The Bertz CT molecular complexity index is 1020. The lowest BCUT2D eigenvalue weighted by molar-refractivity contribution is 0.562. The molecule has 2 aromatic carbocycles. The first-order valence-electron chi connectivity index (χ1n) is 7.07. The molecule has 1 aromatic heterocycles. The molecule has 0 aliphatic rings. The Morgan fingerprint density at radius 2 is 1.70 bits per heavy atom. The summed E-state index contributed by atoms with van der Waals surface area (Å²) in [4.78, 5) is 2.46. The minimum Gasteiger partial charge on any atom is -0.461 e. The van der Waals surface area contributed by atoms with Crippen LogP contribution in [-0.2, 0) is 10.0 Å². The van der Waals surface area contributed by atoms with Gasteiger partial charge in [0, 0.05) is 11.5 Å². The Kier molecular flexibility index (Phi) is 3.92. The summed E-state index contributed by atoms with van der Waals surface area (Å²) in [5.74, 6) is 0.650. The van der Waals surface area contributed by atoms with E-state index in [0.717, 1.165) is 10.9 Å². The third-order valence-corrected chi connectivity index (χ3v) is 4.62. The number of aryl methyl sites for hydroxylation is 2. The summed E-state index contributed by atoms with van der Waals surface area (Å²) in [6.45, 7) is 3.69. The second kappa shape index (κ2) is 5.89. The molecule has 0 bridgehead atoms. The van der Waals surface area contributed by atoms with Crippen LogP contribution in [-0.4, -0.2) is 8.42 Å². The van der Waals surface area contributed by atoms with Crippen LogP contribution in [0.4, 0.5) is 0 Å². The first-order chi connectivity index (χ1) is 11.0. The Balaban J connectivity index is 2.04. The van der Waals surface area contributed by atoms with Gasteiger partial charge in [-0.25, -0.2) is 0 Å². The van der Waals surface area contributed by atoms with E-state index in [4.69, 9.17) is 4.42 Å². The van der Waals surface area contributed by atoms with E-state index in [-0.39, 0.29) is 4.90 Å². The van der Waals surface area contributed by atoms with Gasteiger partial charge in [-0.05, 0) is 38.1 Å². The van der Waals surface area contributed by atoms with E-state index in [0.29, 0.717) is 16.7 Å². The van der Waals surface area contributed by atoms with Crippen molar-refractivity contribution in [1.29, 1.82) is 0 Å². The molecule has 0 unspecified atom stereocenters. The van der Waals surface area contributed by atoms with Gasteiger partial charge in [0.15, 0.2) is 0 Å². The van der Waals surface area contributed by atoms with Crippen LogP contribution in [0.3, 0.4) is 0 Å². The van der Waals surface area contributed by atoms with Gasteiger partial charge in [-0.3, -0.25) is 0 Å². The molecule has 3 rings (SSSR count). The summed E-state index contributed by atoms with van der Waals surface area (Å²) >= 11 is 0. The first kappa shape index (κ1) is 15.3. The summed E-state index contributed by atoms with van der Waals surface area (Å²) in [6, 6.07) is 15.6. The highest BCUT2D eigenvalue weighted by atomic mass is 32.2. The molecule has 0 aliphatic heterocycles. The number of nitrogens with one attached hydrogen (secondary N) is 1. The molecule has 1 N–H and O–H groups in total. The number of hydrogen-bond donors (Lipinski definition) is 1. The van der Waals surface area contributed by atoms with Crippen LogP contribution < -0.4 is 10.2 Å². The lowest BCUT2D eigenvalue weighted by Gasteiger charge is -2.04. The molecule has 6 heteroatoms. The molecule has 0 amide bonds. The second-order valence-electron chi connectivity index (χ2n) is 5.26. The number of fused-ring (bicyclic) bond motifs is 1. The minimum absolute atomic E-state index is 0.175. The number of sulfonamides is 1. The van der Waals surface area contributed by atoms with Crippen molar-refractivity contribution in [2.24, 2.45) is 5.10 Å². The number of hydrogen-bond acceptors (Lipinski definition) is 4. The summed E-state index contributed by atoms with van der Waals surface area (Å²) in [5.41, 5.74) is 1.65. The number of benzene rings is 2. The summed E-state index contributed by atoms with van der Waals surface area (Å²) in [7, 11) is -3.70. The predicted octanol–water partition coefficient (Wildman–Crippen LogP) is 2.84. The SMILES string of the molecule is Cc1ccc(S(=O)(=O)N/N=c2/cc(C)oc3ccccc23)cc1. The van der Waals surface area contributed by atoms with Gasteiger partial charge in [0.1, 0.15) is 11.3 Å². The lowest BCUT2D eigenvalue weighted by Crippen LogP contribution is -2.22. The third-order valence-electron chi connectivity index (χ3n) is 3.39. The highest BCUT2D eigenvalue weighted by Gasteiger charge is 2.12. The van der Waals surface area contributed by atoms with Gasteiger partial charge in [-0.2, -0.15) is 18.4 Å². The van der Waals surface area contributed by atoms with Crippen LogP contribution in [0.1, 0.15) is 11.3 Å². The van der Waals surface area contributed by atoms with Crippen LogP contribution in [0.15, 0.2) is 69.0 Å². The third kappa shape index (κ3) is 3.27. The topological polar surface area (TPSA) is 71.7 Å². The van der Waals surface area contributed by atoms with Crippen molar-refractivity contribution in [2.75, 3.05) is 0 Å². The Hall–Kier alpha value is -2.60. The van der Waals surface area contributed by atoms with E-state index in [2.05, 4.69) is 9.93 Å². The molecule has 3 aromatic rings. The predicted molar refractivity (Wildman–Crippen MR) is 88.0 cm³/mol. The summed E-state index contributed by atoms with van der Waals surface area (Å²) in [5, 5.41) is 5.32. The van der Waals surface area contributed by atoms with Crippen molar-refractivity contribution in [1.82, 2.24) is 4.83 Å². The molecule has 0 saturated carbocycles. The molecule has 0 radical (unpaired) electrons. The average Bonchev–Trinajstić information content (AvgIpc) is 2.53. The molecule has 118 valence electrons. The van der Waals surface area contributed by atoms with E-state index >= 15 is 0 Å². The van der Waals surface area contributed by atoms with E-state index in [1.165, 1.54) is 0 Å². The molecule has 0 spiro atoms. The summed E-state index contributed by atoms with van der Waals surface area (Å²) < 4.78 is 30.2. The van der Waals surface area contributed by atoms with Crippen molar-refractivity contribution in [3.8, 4) is 0 Å². The van der Waals surface area contributed by atoms with Crippen LogP contribution in [0.25, 0.3) is 11.0 Å². The molecule has 0 aliphatic carbocycles.